The second-order valence-corrected chi connectivity index (χ2v) is 5.82. The van der Waals surface area contributed by atoms with Gasteiger partial charge in [-0.1, -0.05) is 45.1 Å². The van der Waals surface area contributed by atoms with Crippen LogP contribution in [0.15, 0.2) is 11.1 Å². The summed E-state index contributed by atoms with van der Waals surface area (Å²) in [6, 6.07) is 0. The van der Waals surface area contributed by atoms with E-state index in [9.17, 15) is 4.79 Å². The lowest BCUT2D eigenvalue weighted by atomic mass is 9.83. The zero-order valence-corrected chi connectivity index (χ0v) is 11.4. The van der Waals surface area contributed by atoms with E-state index in [2.05, 4.69) is 13.8 Å². The van der Waals surface area contributed by atoms with E-state index < -0.39 is 0 Å². The summed E-state index contributed by atoms with van der Waals surface area (Å²) in [5.41, 5.74) is 2.81. The van der Waals surface area contributed by atoms with Gasteiger partial charge in [-0.2, -0.15) is 0 Å². The van der Waals surface area contributed by atoms with Crippen molar-refractivity contribution in [3.63, 3.8) is 0 Å². The van der Waals surface area contributed by atoms with Crippen LogP contribution in [0.3, 0.4) is 0 Å². The Morgan fingerprint density at radius 3 is 2.71 bits per heavy atom. The van der Waals surface area contributed by atoms with E-state index >= 15 is 0 Å². The Hall–Kier alpha value is -0.590. The Morgan fingerprint density at radius 2 is 1.94 bits per heavy atom. The van der Waals surface area contributed by atoms with E-state index in [1.54, 1.807) is 5.57 Å². The van der Waals surface area contributed by atoms with Crippen molar-refractivity contribution in [2.45, 2.75) is 71.6 Å². The van der Waals surface area contributed by atoms with Gasteiger partial charge in [0.2, 0.25) is 0 Å². The van der Waals surface area contributed by atoms with Crippen molar-refractivity contribution in [2.24, 2.45) is 11.8 Å². The van der Waals surface area contributed by atoms with Gasteiger partial charge in [-0.25, -0.2) is 0 Å². The molecule has 0 heterocycles. The summed E-state index contributed by atoms with van der Waals surface area (Å²) in [5, 5.41) is 0. The van der Waals surface area contributed by atoms with Crippen LogP contribution in [0.2, 0.25) is 0 Å². The van der Waals surface area contributed by atoms with Gasteiger partial charge in [-0.05, 0) is 43.6 Å². The lowest BCUT2D eigenvalue weighted by Crippen LogP contribution is -2.15. The minimum Gasteiger partial charge on any atom is -0.294 e. The van der Waals surface area contributed by atoms with Crippen molar-refractivity contribution >= 4 is 5.78 Å². The lowest BCUT2D eigenvalue weighted by molar-refractivity contribution is -0.118. The molecule has 0 aromatic carbocycles. The van der Waals surface area contributed by atoms with Crippen LogP contribution in [0, 0.1) is 11.8 Å². The topological polar surface area (TPSA) is 17.1 Å². The zero-order chi connectivity index (χ0) is 12.3. The number of fused-ring (bicyclic) bond motifs is 1. The van der Waals surface area contributed by atoms with Gasteiger partial charge in [-0.15, -0.1) is 0 Å². The number of rotatable bonds is 3. The Labute approximate surface area is 106 Å². The van der Waals surface area contributed by atoms with Crippen molar-refractivity contribution in [2.75, 3.05) is 0 Å². The van der Waals surface area contributed by atoms with Crippen LogP contribution in [0.1, 0.15) is 71.6 Å². The SMILES string of the molecule is CCCCC1=C2CCCCCCC2C(C)C1=O. The van der Waals surface area contributed by atoms with E-state index in [1.165, 1.54) is 56.9 Å². The van der Waals surface area contributed by atoms with E-state index in [0.717, 1.165) is 6.42 Å². The highest BCUT2D eigenvalue weighted by Gasteiger charge is 2.37. The Morgan fingerprint density at radius 1 is 1.18 bits per heavy atom. The number of carbonyl (C=O) groups is 1. The molecule has 0 aromatic rings. The molecule has 2 aliphatic carbocycles. The smallest absolute Gasteiger partial charge is 0.162 e. The minimum absolute atomic E-state index is 0.287. The third-order valence-electron chi connectivity index (χ3n) is 4.64. The van der Waals surface area contributed by atoms with Crippen molar-refractivity contribution in [3.05, 3.63) is 11.1 Å². The van der Waals surface area contributed by atoms with E-state index in [0.29, 0.717) is 11.7 Å². The van der Waals surface area contributed by atoms with Crippen molar-refractivity contribution in [3.8, 4) is 0 Å². The first-order valence-electron chi connectivity index (χ1n) is 7.51. The monoisotopic (exact) mass is 234 g/mol. The summed E-state index contributed by atoms with van der Waals surface area (Å²) >= 11 is 0. The summed E-state index contributed by atoms with van der Waals surface area (Å²) in [7, 11) is 0. The summed E-state index contributed by atoms with van der Waals surface area (Å²) in [6.45, 7) is 4.37. The highest BCUT2D eigenvalue weighted by atomic mass is 16.1. The maximum Gasteiger partial charge on any atom is 0.162 e. The van der Waals surface area contributed by atoms with Gasteiger partial charge in [-0.3, -0.25) is 4.79 Å². The number of allylic oxidation sites excluding steroid dienone is 2. The van der Waals surface area contributed by atoms with Gasteiger partial charge < -0.3 is 0 Å². The van der Waals surface area contributed by atoms with Crippen LogP contribution in [0.5, 0.6) is 0 Å². The van der Waals surface area contributed by atoms with Crippen LogP contribution in [-0.4, -0.2) is 5.78 Å². The molecule has 2 aliphatic rings. The average molecular weight is 234 g/mol. The number of unbranched alkanes of at least 4 members (excludes halogenated alkanes) is 1. The third-order valence-corrected chi connectivity index (χ3v) is 4.64. The molecule has 2 rings (SSSR count). The fraction of sp³-hybridized carbons (Fsp3) is 0.812. The van der Waals surface area contributed by atoms with E-state index in [-0.39, 0.29) is 5.92 Å². The van der Waals surface area contributed by atoms with Crippen molar-refractivity contribution < 1.29 is 4.79 Å². The third kappa shape index (κ3) is 2.64. The number of carbonyl (C=O) groups excluding carboxylic acids is 1. The summed E-state index contributed by atoms with van der Waals surface area (Å²) in [6.07, 6.45) is 11.3. The highest BCUT2D eigenvalue weighted by Crippen LogP contribution is 2.43. The molecule has 1 saturated carbocycles. The van der Waals surface area contributed by atoms with Gasteiger partial charge in [0.1, 0.15) is 0 Å². The van der Waals surface area contributed by atoms with E-state index in [4.69, 9.17) is 0 Å². The van der Waals surface area contributed by atoms with E-state index in [1.807, 2.05) is 0 Å². The molecule has 1 heteroatoms. The van der Waals surface area contributed by atoms with Crippen molar-refractivity contribution in [1.82, 2.24) is 0 Å². The molecule has 0 aromatic heterocycles. The van der Waals surface area contributed by atoms with Crippen LogP contribution in [-0.2, 0) is 4.79 Å². The van der Waals surface area contributed by atoms with Gasteiger partial charge in [0.15, 0.2) is 5.78 Å². The molecule has 0 amide bonds. The molecule has 0 N–H and O–H groups in total. The lowest BCUT2D eigenvalue weighted by Gasteiger charge is -2.21. The number of ketones is 1. The maximum atomic E-state index is 12.3. The average Bonchev–Trinajstić information content (AvgIpc) is 2.50. The van der Waals surface area contributed by atoms with Gasteiger partial charge >= 0.3 is 0 Å². The minimum atomic E-state index is 0.287. The van der Waals surface area contributed by atoms with Gasteiger partial charge in [0, 0.05) is 5.92 Å². The second kappa shape index (κ2) is 5.84. The molecule has 2 atom stereocenters. The largest absolute Gasteiger partial charge is 0.294 e. The Kier molecular flexibility index (Phi) is 4.42. The highest BCUT2D eigenvalue weighted by molar-refractivity contribution is 6.00. The number of Topliss-reactive ketones (excluding diaryl/α,β-unsaturated/α-hetero) is 1. The molecule has 0 saturated heterocycles. The molecule has 1 fully saturated rings. The second-order valence-electron chi connectivity index (χ2n) is 5.82. The molecule has 96 valence electrons. The molecule has 0 bridgehead atoms. The van der Waals surface area contributed by atoms with Crippen molar-refractivity contribution in [1.29, 1.82) is 0 Å². The summed E-state index contributed by atoms with van der Waals surface area (Å²) in [4.78, 5) is 12.3. The summed E-state index contributed by atoms with van der Waals surface area (Å²) < 4.78 is 0. The molecule has 2 unspecified atom stereocenters. The predicted molar refractivity (Wildman–Crippen MR) is 71.9 cm³/mol. The van der Waals surface area contributed by atoms with Crippen LogP contribution >= 0.6 is 0 Å². The first-order chi connectivity index (χ1) is 8.25. The summed E-state index contributed by atoms with van der Waals surface area (Å²) in [5.74, 6) is 1.38. The fourth-order valence-corrected chi connectivity index (χ4v) is 3.57. The maximum absolute atomic E-state index is 12.3. The zero-order valence-electron chi connectivity index (χ0n) is 11.4. The molecular formula is C16H26O. The number of hydrogen-bond donors (Lipinski definition) is 0. The first-order valence-corrected chi connectivity index (χ1v) is 7.51. The normalized spacial score (nSPS) is 30.1. The first kappa shape index (κ1) is 12.9. The molecular weight excluding hydrogens is 208 g/mol. The molecule has 17 heavy (non-hydrogen) atoms. The Bertz CT molecular complexity index is 313. The van der Waals surface area contributed by atoms with Crippen LogP contribution < -0.4 is 0 Å². The molecule has 1 nitrogen and oxygen atoms in total. The number of hydrogen-bond acceptors (Lipinski definition) is 1. The van der Waals surface area contributed by atoms with Crippen LogP contribution in [0.4, 0.5) is 0 Å². The molecule has 0 spiro atoms. The quantitative estimate of drug-likeness (QED) is 0.694. The fourth-order valence-electron chi connectivity index (χ4n) is 3.57. The van der Waals surface area contributed by atoms with Gasteiger partial charge in [0.25, 0.3) is 0 Å². The standard InChI is InChI=1S/C16H26O/c1-3-4-9-15-14-11-8-6-5-7-10-13(14)12(2)16(15)17/h12-13H,3-11H2,1-2H3. The van der Waals surface area contributed by atoms with Crippen LogP contribution in [0.25, 0.3) is 0 Å². The predicted octanol–water partition coefficient (Wildman–Crippen LogP) is 4.66. The molecule has 0 radical (unpaired) electrons. The molecule has 0 aliphatic heterocycles. The van der Waals surface area contributed by atoms with Gasteiger partial charge in [0.05, 0.1) is 0 Å². The Balaban J connectivity index is 2.19.